The molecule has 4 atom stereocenters. The van der Waals surface area contributed by atoms with Crippen LogP contribution in [0.1, 0.15) is 70.2 Å². The Bertz CT molecular complexity index is 702. The fraction of sp³-hybridized carbons (Fsp3) is 0.789. The Labute approximate surface area is 158 Å². The molecule has 0 spiro atoms. The minimum absolute atomic E-state index is 0.0206. The van der Waals surface area contributed by atoms with Gasteiger partial charge < -0.3 is 10.6 Å². The second-order valence-electron chi connectivity index (χ2n) is 8.76. The lowest BCUT2D eigenvalue weighted by atomic mass is 9.46. The third-order valence-corrected chi connectivity index (χ3v) is 7.31. The lowest BCUT2D eigenvalue weighted by Gasteiger charge is -2.61. The SMILES string of the molecule is CCCCc1nnc(NC(=O)C23C[C@@H]4C[C@@H](CC(NC(C)=O)(C4)C2)C3)s1. The Balaban J connectivity index is 1.50. The minimum atomic E-state index is -0.359. The molecule has 4 aliphatic rings. The molecule has 4 aliphatic carbocycles. The van der Waals surface area contributed by atoms with E-state index < -0.39 is 0 Å². The second-order valence-corrected chi connectivity index (χ2v) is 9.82. The molecule has 1 aromatic heterocycles. The number of nitrogens with zero attached hydrogens (tertiary/aromatic N) is 2. The van der Waals surface area contributed by atoms with E-state index in [4.69, 9.17) is 0 Å². The Hall–Kier alpha value is -1.50. The van der Waals surface area contributed by atoms with Crippen molar-refractivity contribution in [1.82, 2.24) is 15.5 Å². The quantitative estimate of drug-likeness (QED) is 0.798. The molecular weight excluding hydrogens is 348 g/mol. The van der Waals surface area contributed by atoms with Crippen molar-refractivity contribution < 1.29 is 9.59 Å². The van der Waals surface area contributed by atoms with Gasteiger partial charge in [0, 0.05) is 18.9 Å². The molecular formula is C19H28N4O2S. The van der Waals surface area contributed by atoms with Crippen LogP contribution in [0.15, 0.2) is 0 Å². The second kappa shape index (κ2) is 6.59. The lowest BCUT2D eigenvalue weighted by molar-refractivity contribution is -0.148. The summed E-state index contributed by atoms with van der Waals surface area (Å²) in [6, 6.07) is 0. The van der Waals surface area contributed by atoms with E-state index in [0.29, 0.717) is 17.0 Å². The van der Waals surface area contributed by atoms with Gasteiger partial charge in [0.15, 0.2) is 0 Å². The Kier molecular flexibility index (Phi) is 4.53. The van der Waals surface area contributed by atoms with Crippen LogP contribution in [0.25, 0.3) is 0 Å². The molecule has 1 heterocycles. The van der Waals surface area contributed by atoms with Gasteiger partial charge in [-0.05, 0) is 56.8 Å². The summed E-state index contributed by atoms with van der Waals surface area (Å²) in [4.78, 5) is 25.0. The third-order valence-electron chi connectivity index (χ3n) is 6.42. The van der Waals surface area contributed by atoms with Gasteiger partial charge in [0.05, 0.1) is 5.41 Å². The third kappa shape index (κ3) is 3.26. The molecule has 0 radical (unpaired) electrons. The standard InChI is InChI=1S/C19H28N4O2S/c1-3-4-5-15-22-23-17(26-15)20-16(25)18-7-13-6-14(8-18)10-19(9-13,11-18)21-12(2)24/h13-14H,3-11H2,1-2H3,(H,21,24)(H,20,23,25)/t13-,14+,18?,19?. The van der Waals surface area contributed by atoms with Crippen LogP contribution < -0.4 is 10.6 Å². The maximum absolute atomic E-state index is 13.2. The van der Waals surface area contributed by atoms with Crippen LogP contribution in [0.2, 0.25) is 0 Å². The fourth-order valence-electron chi connectivity index (χ4n) is 6.01. The average Bonchev–Trinajstić information content (AvgIpc) is 2.97. The van der Waals surface area contributed by atoms with Crippen LogP contribution >= 0.6 is 11.3 Å². The number of aromatic nitrogens is 2. The van der Waals surface area contributed by atoms with E-state index >= 15 is 0 Å². The summed E-state index contributed by atoms with van der Waals surface area (Å²) in [5.41, 5.74) is -0.539. The van der Waals surface area contributed by atoms with Crippen molar-refractivity contribution in [2.75, 3.05) is 5.32 Å². The number of nitrogens with one attached hydrogen (secondary N) is 2. The molecule has 4 fully saturated rings. The van der Waals surface area contributed by atoms with E-state index in [1.165, 1.54) is 17.8 Å². The molecule has 1 aromatic rings. The number of rotatable bonds is 6. The maximum atomic E-state index is 13.2. The molecule has 26 heavy (non-hydrogen) atoms. The van der Waals surface area contributed by atoms with Gasteiger partial charge in [0.25, 0.3) is 0 Å². The first-order chi connectivity index (χ1) is 12.4. The van der Waals surface area contributed by atoms with Crippen LogP contribution in [-0.2, 0) is 16.0 Å². The Morgan fingerprint density at radius 2 is 1.92 bits per heavy atom. The topological polar surface area (TPSA) is 84.0 Å². The van der Waals surface area contributed by atoms with Crippen molar-refractivity contribution in [1.29, 1.82) is 0 Å². The number of carbonyl (C=O) groups is 2. The zero-order chi connectivity index (χ0) is 18.4. The minimum Gasteiger partial charge on any atom is -0.351 e. The number of aryl methyl sites for hydroxylation is 1. The summed E-state index contributed by atoms with van der Waals surface area (Å²) in [6.07, 6.45) is 9.04. The predicted molar refractivity (Wildman–Crippen MR) is 101 cm³/mol. The van der Waals surface area contributed by atoms with E-state index in [-0.39, 0.29) is 22.8 Å². The highest BCUT2D eigenvalue weighted by Gasteiger charge is 2.60. The highest BCUT2D eigenvalue weighted by molar-refractivity contribution is 7.15. The van der Waals surface area contributed by atoms with Crippen molar-refractivity contribution in [2.24, 2.45) is 17.3 Å². The molecule has 142 valence electrons. The van der Waals surface area contributed by atoms with E-state index in [2.05, 4.69) is 27.8 Å². The van der Waals surface area contributed by atoms with Crippen molar-refractivity contribution in [3.63, 3.8) is 0 Å². The molecule has 4 saturated carbocycles. The van der Waals surface area contributed by atoms with Gasteiger partial charge in [-0.3, -0.25) is 9.59 Å². The van der Waals surface area contributed by atoms with E-state index in [1.807, 2.05) is 0 Å². The molecule has 4 bridgehead atoms. The van der Waals surface area contributed by atoms with E-state index in [0.717, 1.165) is 56.4 Å². The first kappa shape index (κ1) is 17.9. The molecule has 0 aromatic carbocycles. The van der Waals surface area contributed by atoms with Gasteiger partial charge in [0.2, 0.25) is 16.9 Å². The van der Waals surface area contributed by atoms with Gasteiger partial charge in [-0.15, -0.1) is 10.2 Å². The first-order valence-corrected chi connectivity index (χ1v) is 10.7. The summed E-state index contributed by atoms with van der Waals surface area (Å²) in [7, 11) is 0. The highest BCUT2D eigenvalue weighted by Crippen LogP contribution is 2.61. The summed E-state index contributed by atoms with van der Waals surface area (Å²) in [5.74, 6) is 1.19. The van der Waals surface area contributed by atoms with Gasteiger partial charge >= 0.3 is 0 Å². The maximum Gasteiger partial charge on any atom is 0.232 e. The summed E-state index contributed by atoms with van der Waals surface area (Å²) >= 11 is 1.49. The summed E-state index contributed by atoms with van der Waals surface area (Å²) in [5, 5.41) is 16.3. The van der Waals surface area contributed by atoms with Gasteiger partial charge in [-0.25, -0.2) is 0 Å². The van der Waals surface area contributed by atoms with Crippen LogP contribution in [0.4, 0.5) is 5.13 Å². The number of unbranched alkanes of at least 4 members (excludes halogenated alkanes) is 1. The summed E-state index contributed by atoms with van der Waals surface area (Å²) < 4.78 is 0. The van der Waals surface area contributed by atoms with Crippen LogP contribution in [0.5, 0.6) is 0 Å². The number of hydrogen-bond acceptors (Lipinski definition) is 5. The number of anilines is 1. The molecule has 5 rings (SSSR count). The zero-order valence-corrected chi connectivity index (χ0v) is 16.5. The Morgan fingerprint density at radius 3 is 2.58 bits per heavy atom. The molecule has 2 N–H and O–H groups in total. The van der Waals surface area contributed by atoms with E-state index in [1.54, 1.807) is 6.92 Å². The summed E-state index contributed by atoms with van der Waals surface area (Å²) in [6.45, 7) is 3.74. The van der Waals surface area contributed by atoms with E-state index in [9.17, 15) is 9.59 Å². The van der Waals surface area contributed by atoms with Gasteiger partial charge in [0.1, 0.15) is 5.01 Å². The smallest absolute Gasteiger partial charge is 0.232 e. The number of hydrogen-bond donors (Lipinski definition) is 2. The fourth-order valence-corrected chi connectivity index (χ4v) is 6.79. The number of amides is 2. The molecule has 6 nitrogen and oxygen atoms in total. The molecule has 2 amide bonds. The first-order valence-electron chi connectivity index (χ1n) is 9.85. The molecule has 7 heteroatoms. The van der Waals surface area contributed by atoms with Crippen molar-refractivity contribution in [2.45, 2.75) is 77.2 Å². The normalized spacial score (nSPS) is 34.7. The van der Waals surface area contributed by atoms with Crippen molar-refractivity contribution >= 4 is 28.3 Å². The van der Waals surface area contributed by atoms with Crippen molar-refractivity contribution in [3.8, 4) is 0 Å². The monoisotopic (exact) mass is 376 g/mol. The highest BCUT2D eigenvalue weighted by atomic mass is 32.1. The van der Waals surface area contributed by atoms with Crippen LogP contribution in [-0.4, -0.2) is 27.6 Å². The number of carbonyl (C=O) groups excluding carboxylic acids is 2. The Morgan fingerprint density at radius 1 is 1.19 bits per heavy atom. The molecule has 0 saturated heterocycles. The van der Waals surface area contributed by atoms with Gasteiger partial charge in [-0.1, -0.05) is 24.7 Å². The molecule has 0 aliphatic heterocycles. The van der Waals surface area contributed by atoms with Gasteiger partial charge in [-0.2, -0.15) is 0 Å². The largest absolute Gasteiger partial charge is 0.351 e. The van der Waals surface area contributed by atoms with Crippen LogP contribution in [0, 0.1) is 17.3 Å². The zero-order valence-electron chi connectivity index (χ0n) is 15.6. The average molecular weight is 377 g/mol. The van der Waals surface area contributed by atoms with Crippen molar-refractivity contribution in [3.05, 3.63) is 5.01 Å². The molecule has 2 unspecified atom stereocenters. The lowest BCUT2D eigenvalue weighted by Crippen LogP contribution is -2.65. The predicted octanol–water partition coefficient (Wildman–Crippen LogP) is 3.29. The van der Waals surface area contributed by atoms with Crippen LogP contribution in [0.3, 0.4) is 0 Å².